The van der Waals surface area contributed by atoms with Crippen LogP contribution in [0.5, 0.6) is 0 Å². The highest BCUT2D eigenvalue weighted by Crippen LogP contribution is 2.18. The van der Waals surface area contributed by atoms with E-state index in [0.29, 0.717) is 5.57 Å². The molecule has 2 atom stereocenters. The van der Waals surface area contributed by atoms with Crippen molar-refractivity contribution in [3.8, 4) is 0 Å². The predicted molar refractivity (Wildman–Crippen MR) is 44.0 cm³/mol. The Morgan fingerprint density at radius 1 is 1.58 bits per heavy atom. The summed E-state index contributed by atoms with van der Waals surface area (Å²) in [6.07, 6.45) is 0.752. The first-order valence-electron chi connectivity index (χ1n) is 3.91. The highest BCUT2D eigenvalue weighted by molar-refractivity contribution is 5.92. The Morgan fingerprint density at radius 2 is 2.08 bits per heavy atom. The zero-order valence-electron chi connectivity index (χ0n) is 7.23. The van der Waals surface area contributed by atoms with Crippen LogP contribution in [0.4, 0.5) is 4.39 Å². The minimum atomic E-state index is -0.700. The van der Waals surface area contributed by atoms with Gasteiger partial charge in [-0.05, 0) is 25.8 Å². The number of hydrogen-bond donors (Lipinski definition) is 2. The molecule has 4 heteroatoms. The van der Waals surface area contributed by atoms with E-state index in [4.69, 9.17) is 5.73 Å². The molecule has 0 saturated heterocycles. The normalized spacial score (nSPS) is 26.3. The lowest BCUT2D eigenvalue weighted by Gasteiger charge is -2.01. The highest BCUT2D eigenvalue weighted by atomic mass is 19.1. The van der Waals surface area contributed by atoms with Crippen molar-refractivity contribution >= 4 is 5.91 Å². The van der Waals surface area contributed by atoms with Crippen molar-refractivity contribution in [3.63, 3.8) is 0 Å². The highest BCUT2D eigenvalue weighted by Gasteiger charge is 2.35. The Kier molecular flexibility index (Phi) is 2.47. The van der Waals surface area contributed by atoms with Crippen molar-refractivity contribution in [2.45, 2.75) is 32.4 Å². The van der Waals surface area contributed by atoms with Crippen LogP contribution in [0.1, 0.15) is 20.3 Å². The third-order valence-electron chi connectivity index (χ3n) is 1.79. The van der Waals surface area contributed by atoms with E-state index in [1.165, 1.54) is 0 Å². The number of nitrogens with two attached hydrogens (primary N) is 1. The maximum absolute atomic E-state index is 12.9. The Balaban J connectivity index is 2.44. The van der Waals surface area contributed by atoms with Gasteiger partial charge in [-0.1, -0.05) is 0 Å². The van der Waals surface area contributed by atoms with Crippen molar-refractivity contribution in [2.75, 3.05) is 0 Å². The van der Waals surface area contributed by atoms with Gasteiger partial charge in [0.1, 0.15) is 0 Å². The SMILES string of the molecule is CC(C)=C(F)C(=O)NC1CC1N. The summed E-state index contributed by atoms with van der Waals surface area (Å²) in [6.45, 7) is 3.11. The van der Waals surface area contributed by atoms with Crippen molar-refractivity contribution in [2.24, 2.45) is 5.73 Å². The standard InChI is InChI=1S/C8H13FN2O/c1-4(2)7(9)8(12)11-6-3-5(6)10/h5-6H,3,10H2,1-2H3,(H,11,12). The average molecular weight is 172 g/mol. The molecule has 2 unspecified atom stereocenters. The summed E-state index contributed by atoms with van der Waals surface area (Å²) >= 11 is 0. The first kappa shape index (κ1) is 9.19. The topological polar surface area (TPSA) is 55.1 Å². The average Bonchev–Trinajstić information content (AvgIpc) is 2.64. The largest absolute Gasteiger partial charge is 0.346 e. The summed E-state index contributed by atoms with van der Waals surface area (Å²) in [7, 11) is 0. The molecule has 0 radical (unpaired) electrons. The molecule has 0 heterocycles. The second kappa shape index (κ2) is 3.23. The van der Waals surface area contributed by atoms with Crippen LogP contribution in [0.15, 0.2) is 11.4 Å². The Morgan fingerprint density at radius 3 is 2.42 bits per heavy atom. The predicted octanol–water partition coefficient (Wildman–Crippen LogP) is 0.466. The molecule has 0 aromatic rings. The second-order valence-corrected chi connectivity index (χ2v) is 3.29. The number of amides is 1. The molecule has 0 spiro atoms. The molecule has 1 amide bonds. The smallest absolute Gasteiger partial charge is 0.280 e. The van der Waals surface area contributed by atoms with Crippen LogP contribution in [0.25, 0.3) is 0 Å². The second-order valence-electron chi connectivity index (χ2n) is 3.29. The van der Waals surface area contributed by atoms with E-state index in [-0.39, 0.29) is 12.1 Å². The minimum absolute atomic E-state index is 0.0129. The first-order valence-corrected chi connectivity index (χ1v) is 3.91. The lowest BCUT2D eigenvalue weighted by atomic mass is 10.3. The number of carbonyl (C=O) groups is 1. The van der Waals surface area contributed by atoms with Crippen LogP contribution >= 0.6 is 0 Å². The Labute approximate surface area is 70.8 Å². The molecule has 3 N–H and O–H groups in total. The molecule has 1 aliphatic carbocycles. The summed E-state index contributed by atoms with van der Waals surface area (Å²) in [5.41, 5.74) is 5.83. The summed E-state index contributed by atoms with van der Waals surface area (Å²) in [6, 6.07) is -0.0125. The van der Waals surface area contributed by atoms with E-state index in [1.54, 1.807) is 13.8 Å². The van der Waals surface area contributed by atoms with Gasteiger partial charge in [-0.2, -0.15) is 0 Å². The van der Waals surface area contributed by atoms with E-state index in [0.717, 1.165) is 6.42 Å². The maximum Gasteiger partial charge on any atom is 0.280 e. The molecule has 1 aliphatic rings. The van der Waals surface area contributed by atoms with Crippen molar-refractivity contribution in [1.82, 2.24) is 5.32 Å². The Hall–Kier alpha value is -0.900. The van der Waals surface area contributed by atoms with Crippen molar-refractivity contribution < 1.29 is 9.18 Å². The van der Waals surface area contributed by atoms with Gasteiger partial charge in [-0.25, -0.2) is 4.39 Å². The molecule has 0 aromatic carbocycles. The number of halogens is 1. The quantitative estimate of drug-likeness (QED) is 0.595. The molecule has 0 aliphatic heterocycles. The van der Waals surface area contributed by atoms with Crippen LogP contribution in [0.2, 0.25) is 0 Å². The zero-order valence-corrected chi connectivity index (χ0v) is 7.23. The molecule has 0 bridgehead atoms. The Bertz CT molecular complexity index is 233. The number of rotatable bonds is 2. The number of allylic oxidation sites excluding steroid dienone is 1. The molecule has 1 rings (SSSR count). The molecule has 0 aromatic heterocycles. The third-order valence-corrected chi connectivity index (χ3v) is 1.79. The maximum atomic E-state index is 12.9. The summed E-state index contributed by atoms with van der Waals surface area (Å²) in [5.74, 6) is -1.35. The fourth-order valence-corrected chi connectivity index (χ4v) is 0.839. The van der Waals surface area contributed by atoms with Gasteiger partial charge in [0.2, 0.25) is 0 Å². The fourth-order valence-electron chi connectivity index (χ4n) is 0.839. The van der Waals surface area contributed by atoms with Gasteiger partial charge >= 0.3 is 0 Å². The van der Waals surface area contributed by atoms with Gasteiger partial charge in [0, 0.05) is 12.1 Å². The monoisotopic (exact) mass is 172 g/mol. The first-order chi connectivity index (χ1) is 5.52. The van der Waals surface area contributed by atoms with Crippen LogP contribution < -0.4 is 11.1 Å². The van der Waals surface area contributed by atoms with E-state index >= 15 is 0 Å². The number of carbonyl (C=O) groups excluding carboxylic acids is 1. The van der Waals surface area contributed by atoms with Crippen LogP contribution in [-0.4, -0.2) is 18.0 Å². The van der Waals surface area contributed by atoms with Gasteiger partial charge in [-0.15, -0.1) is 0 Å². The molecular formula is C8H13FN2O. The molecule has 1 fully saturated rings. The van der Waals surface area contributed by atoms with E-state index in [9.17, 15) is 9.18 Å². The van der Waals surface area contributed by atoms with E-state index in [1.807, 2.05) is 0 Å². The van der Waals surface area contributed by atoms with Crippen LogP contribution in [-0.2, 0) is 4.79 Å². The van der Waals surface area contributed by atoms with Crippen molar-refractivity contribution in [3.05, 3.63) is 11.4 Å². The van der Waals surface area contributed by atoms with E-state index < -0.39 is 11.7 Å². The van der Waals surface area contributed by atoms with Crippen molar-refractivity contribution in [1.29, 1.82) is 0 Å². The zero-order chi connectivity index (χ0) is 9.30. The van der Waals surface area contributed by atoms with Gasteiger partial charge in [0.05, 0.1) is 0 Å². The third kappa shape index (κ3) is 2.04. The van der Waals surface area contributed by atoms with Gasteiger partial charge in [0.25, 0.3) is 5.91 Å². The lowest BCUT2D eigenvalue weighted by Crippen LogP contribution is -2.30. The number of hydrogen-bond acceptors (Lipinski definition) is 2. The number of nitrogens with one attached hydrogen (secondary N) is 1. The van der Waals surface area contributed by atoms with E-state index in [2.05, 4.69) is 5.32 Å². The molecule has 3 nitrogen and oxygen atoms in total. The molecular weight excluding hydrogens is 159 g/mol. The lowest BCUT2D eigenvalue weighted by molar-refractivity contribution is -0.119. The fraction of sp³-hybridized carbons (Fsp3) is 0.625. The van der Waals surface area contributed by atoms with Gasteiger partial charge < -0.3 is 11.1 Å². The summed E-state index contributed by atoms with van der Waals surface area (Å²) in [5, 5.41) is 2.49. The minimum Gasteiger partial charge on any atom is -0.346 e. The molecule has 68 valence electrons. The molecule has 12 heavy (non-hydrogen) atoms. The summed E-state index contributed by atoms with van der Waals surface area (Å²) in [4.78, 5) is 11.0. The van der Waals surface area contributed by atoms with Crippen LogP contribution in [0, 0.1) is 0 Å². The van der Waals surface area contributed by atoms with Gasteiger partial charge in [0.15, 0.2) is 5.83 Å². The molecule has 1 saturated carbocycles. The summed E-state index contributed by atoms with van der Waals surface area (Å²) < 4.78 is 12.9. The van der Waals surface area contributed by atoms with Crippen LogP contribution in [0.3, 0.4) is 0 Å². The van der Waals surface area contributed by atoms with Gasteiger partial charge in [-0.3, -0.25) is 4.79 Å².